The maximum atomic E-state index is 13.1. The van der Waals surface area contributed by atoms with Gasteiger partial charge < -0.3 is 19.8 Å². The molecule has 0 spiro atoms. The van der Waals surface area contributed by atoms with E-state index in [0.29, 0.717) is 24.3 Å². The molecule has 6 heteroatoms. The fraction of sp³-hybridized carbons (Fsp3) is 0.321. The molecule has 180 valence electrons. The van der Waals surface area contributed by atoms with Crippen molar-refractivity contribution in [1.82, 2.24) is 4.90 Å². The number of nitrogens with zero attached hydrogens (tertiary/aromatic N) is 1. The van der Waals surface area contributed by atoms with Crippen molar-refractivity contribution >= 4 is 22.0 Å². The number of amides is 1. The number of ether oxygens (including phenoxy) is 1. The summed E-state index contributed by atoms with van der Waals surface area (Å²) >= 11 is 3.45. The normalized spacial score (nSPS) is 13.2. The number of benzene rings is 3. The summed E-state index contributed by atoms with van der Waals surface area (Å²) in [6.07, 6.45) is 0.567. The van der Waals surface area contributed by atoms with Crippen LogP contribution in [0.15, 0.2) is 89.4 Å². The van der Waals surface area contributed by atoms with E-state index in [0.717, 1.165) is 10.0 Å². The zero-order valence-electron chi connectivity index (χ0n) is 19.7. The number of aliphatic hydroxyl groups is 2. The quantitative estimate of drug-likeness (QED) is 0.344. The highest BCUT2D eigenvalue weighted by atomic mass is 79.9. The van der Waals surface area contributed by atoms with Crippen molar-refractivity contribution < 1.29 is 19.7 Å². The lowest BCUT2D eigenvalue weighted by Crippen LogP contribution is -2.42. The van der Waals surface area contributed by atoms with Gasteiger partial charge in [0, 0.05) is 24.0 Å². The Kier molecular flexibility index (Phi) is 8.89. The topological polar surface area (TPSA) is 70.0 Å². The van der Waals surface area contributed by atoms with Crippen molar-refractivity contribution in [2.45, 2.75) is 44.3 Å². The number of carbonyl (C=O) groups excluding carboxylic acids is 1. The molecule has 1 unspecified atom stereocenters. The third-order valence-electron chi connectivity index (χ3n) is 5.62. The monoisotopic (exact) mass is 525 g/mol. The number of para-hydroxylation sites is 1. The largest absolute Gasteiger partial charge is 0.415 e. The first-order chi connectivity index (χ1) is 16.1. The summed E-state index contributed by atoms with van der Waals surface area (Å²) in [4.78, 5) is 14.7. The molecular weight excluding hydrogens is 494 g/mol. The van der Waals surface area contributed by atoms with E-state index < -0.39 is 17.3 Å². The SMILES string of the molecule is CC(C)(O)CC(O)(CCN(CCc1ccc(Br)cc1)C(=O)Oc1ccccc1)c1ccccc1. The molecule has 0 aliphatic rings. The molecule has 0 aliphatic carbocycles. The Morgan fingerprint density at radius 1 is 0.882 bits per heavy atom. The van der Waals surface area contributed by atoms with Crippen LogP contribution < -0.4 is 4.74 Å². The van der Waals surface area contributed by atoms with Crippen LogP contribution in [0.25, 0.3) is 0 Å². The highest BCUT2D eigenvalue weighted by Gasteiger charge is 2.36. The summed E-state index contributed by atoms with van der Waals surface area (Å²) < 4.78 is 6.60. The molecule has 3 aromatic rings. The number of halogens is 1. The first kappa shape index (κ1) is 25.9. The second kappa shape index (κ2) is 11.6. The summed E-state index contributed by atoms with van der Waals surface area (Å²) in [5.74, 6) is 0.468. The van der Waals surface area contributed by atoms with Gasteiger partial charge in [-0.25, -0.2) is 4.79 Å². The van der Waals surface area contributed by atoms with Crippen molar-refractivity contribution in [3.05, 3.63) is 101 Å². The van der Waals surface area contributed by atoms with Gasteiger partial charge in [-0.3, -0.25) is 0 Å². The lowest BCUT2D eigenvalue weighted by Gasteiger charge is -2.35. The maximum Gasteiger partial charge on any atom is 0.415 e. The predicted molar refractivity (Wildman–Crippen MR) is 138 cm³/mol. The van der Waals surface area contributed by atoms with Gasteiger partial charge in [-0.05, 0) is 62.1 Å². The average molecular weight is 526 g/mol. The molecule has 5 nitrogen and oxygen atoms in total. The molecule has 0 radical (unpaired) electrons. The number of carbonyl (C=O) groups is 1. The summed E-state index contributed by atoms with van der Waals surface area (Å²) in [5, 5.41) is 22.1. The minimum atomic E-state index is -1.30. The van der Waals surface area contributed by atoms with Crippen molar-refractivity contribution in [3.63, 3.8) is 0 Å². The Morgan fingerprint density at radius 2 is 1.47 bits per heavy atom. The van der Waals surface area contributed by atoms with Gasteiger partial charge in [-0.1, -0.05) is 76.6 Å². The van der Waals surface area contributed by atoms with Crippen LogP contribution in [0.2, 0.25) is 0 Å². The summed E-state index contributed by atoms with van der Waals surface area (Å²) in [7, 11) is 0. The van der Waals surface area contributed by atoms with Crippen molar-refractivity contribution in [2.75, 3.05) is 13.1 Å². The Bertz CT molecular complexity index is 1040. The molecule has 2 N–H and O–H groups in total. The minimum Gasteiger partial charge on any atom is -0.410 e. The molecule has 0 aliphatic heterocycles. The van der Waals surface area contributed by atoms with E-state index in [2.05, 4.69) is 15.9 Å². The first-order valence-electron chi connectivity index (χ1n) is 11.4. The van der Waals surface area contributed by atoms with Crippen LogP contribution in [-0.4, -0.2) is 39.9 Å². The average Bonchev–Trinajstić information content (AvgIpc) is 2.80. The van der Waals surface area contributed by atoms with E-state index in [4.69, 9.17) is 4.74 Å². The molecule has 1 amide bonds. The van der Waals surface area contributed by atoms with Crippen molar-refractivity contribution in [1.29, 1.82) is 0 Å². The molecule has 3 aromatic carbocycles. The molecule has 0 saturated carbocycles. The van der Waals surface area contributed by atoms with E-state index in [1.165, 1.54) is 0 Å². The Hall–Kier alpha value is -2.67. The van der Waals surface area contributed by atoms with Crippen molar-refractivity contribution in [2.24, 2.45) is 0 Å². The molecule has 3 rings (SSSR count). The van der Waals surface area contributed by atoms with E-state index in [9.17, 15) is 15.0 Å². The molecule has 0 fully saturated rings. The summed E-state index contributed by atoms with van der Waals surface area (Å²) in [5.41, 5.74) is -0.586. The molecular formula is C28H32BrNO4. The van der Waals surface area contributed by atoms with Gasteiger partial charge >= 0.3 is 6.09 Å². The lowest BCUT2D eigenvalue weighted by molar-refractivity contribution is -0.0587. The second-order valence-electron chi connectivity index (χ2n) is 9.18. The van der Waals surface area contributed by atoms with E-state index >= 15 is 0 Å². The van der Waals surface area contributed by atoms with Gasteiger partial charge in [-0.2, -0.15) is 0 Å². The standard InChI is InChI=1S/C28H32BrNO4/c1-27(2,32)21-28(33,23-9-5-3-6-10-23)18-20-30(19-17-22-13-15-24(29)16-14-22)26(31)34-25-11-7-4-8-12-25/h3-16,32-33H,17-21H2,1-2H3. The molecule has 1 atom stereocenters. The van der Waals surface area contributed by atoms with Crippen LogP contribution >= 0.6 is 15.9 Å². The molecule has 0 aromatic heterocycles. The van der Waals surface area contributed by atoms with Crippen molar-refractivity contribution in [3.8, 4) is 5.75 Å². The maximum absolute atomic E-state index is 13.1. The molecule has 34 heavy (non-hydrogen) atoms. The minimum absolute atomic E-state index is 0.137. The third-order valence-corrected chi connectivity index (χ3v) is 6.15. The van der Waals surface area contributed by atoms with Gasteiger partial charge in [0.05, 0.1) is 11.2 Å². The van der Waals surface area contributed by atoms with Crippen LogP contribution in [0.1, 0.15) is 37.8 Å². The van der Waals surface area contributed by atoms with Gasteiger partial charge in [-0.15, -0.1) is 0 Å². The van der Waals surface area contributed by atoms with Gasteiger partial charge in [0.2, 0.25) is 0 Å². The molecule has 0 bridgehead atoms. The van der Waals surface area contributed by atoms with Gasteiger partial charge in [0.15, 0.2) is 0 Å². The lowest BCUT2D eigenvalue weighted by atomic mass is 9.81. The van der Waals surface area contributed by atoms with Crippen LogP contribution in [0.5, 0.6) is 5.75 Å². The third kappa shape index (κ3) is 7.97. The first-order valence-corrected chi connectivity index (χ1v) is 12.2. The summed E-state index contributed by atoms with van der Waals surface area (Å²) in [6, 6.07) is 26.2. The zero-order chi connectivity index (χ0) is 24.6. The van der Waals surface area contributed by atoms with Gasteiger partial charge in [0.1, 0.15) is 5.75 Å². The molecule has 0 heterocycles. The smallest absolute Gasteiger partial charge is 0.410 e. The van der Waals surface area contributed by atoms with E-state index in [1.54, 1.807) is 30.9 Å². The van der Waals surface area contributed by atoms with Crippen LogP contribution in [-0.2, 0) is 12.0 Å². The fourth-order valence-corrected chi connectivity index (χ4v) is 4.25. The van der Waals surface area contributed by atoms with E-state index in [-0.39, 0.29) is 19.4 Å². The Morgan fingerprint density at radius 3 is 2.06 bits per heavy atom. The van der Waals surface area contributed by atoms with Crippen LogP contribution in [0.3, 0.4) is 0 Å². The highest BCUT2D eigenvalue weighted by molar-refractivity contribution is 9.10. The zero-order valence-corrected chi connectivity index (χ0v) is 21.2. The second-order valence-corrected chi connectivity index (χ2v) is 10.1. The van der Waals surface area contributed by atoms with Crippen LogP contribution in [0.4, 0.5) is 4.79 Å². The Labute approximate surface area is 210 Å². The summed E-state index contributed by atoms with van der Waals surface area (Å²) in [6.45, 7) is 4.05. The van der Waals surface area contributed by atoms with E-state index in [1.807, 2.05) is 72.8 Å². The Balaban J connectivity index is 1.78. The van der Waals surface area contributed by atoms with Crippen LogP contribution in [0, 0.1) is 0 Å². The fourth-order valence-electron chi connectivity index (χ4n) is 3.98. The number of rotatable bonds is 10. The molecule has 0 saturated heterocycles. The van der Waals surface area contributed by atoms with Gasteiger partial charge in [0.25, 0.3) is 0 Å². The number of hydrogen-bond acceptors (Lipinski definition) is 4. The predicted octanol–water partition coefficient (Wildman–Crippen LogP) is 5.93. The number of hydrogen-bond donors (Lipinski definition) is 2. The highest BCUT2D eigenvalue weighted by Crippen LogP contribution is 2.34.